The molecule has 0 aliphatic carbocycles. The van der Waals surface area contributed by atoms with Gasteiger partial charge in [0.05, 0.1) is 11.2 Å². The summed E-state index contributed by atoms with van der Waals surface area (Å²) in [7, 11) is 0. The first-order valence-electron chi connectivity index (χ1n) is 4.63. The molecule has 1 nitrogen and oxygen atoms in total. The van der Waals surface area contributed by atoms with Crippen LogP contribution >= 0.6 is 27.3 Å². The summed E-state index contributed by atoms with van der Waals surface area (Å²) in [6.07, 6.45) is 3.59. The van der Waals surface area contributed by atoms with E-state index in [0.29, 0.717) is 5.41 Å². The summed E-state index contributed by atoms with van der Waals surface area (Å²) in [6.45, 7) is 4.56. The van der Waals surface area contributed by atoms with Gasteiger partial charge in [-0.15, -0.1) is 11.3 Å². The molecule has 0 bridgehead atoms. The molecule has 0 aromatic carbocycles. The van der Waals surface area contributed by atoms with Crippen LogP contribution in [0.3, 0.4) is 0 Å². The maximum absolute atomic E-state index is 4.33. The minimum absolute atomic E-state index is 0.378. The van der Waals surface area contributed by atoms with Crippen LogP contribution in [-0.4, -0.2) is 10.3 Å². The van der Waals surface area contributed by atoms with Crippen molar-refractivity contribution in [3.8, 4) is 0 Å². The molecule has 1 heterocycles. The Balaban J connectivity index is 2.58. The standard InChI is InChI=1S/C10H16BrNS/c1-3-4-10(2,7-11)5-9-6-13-8-12-9/h6,8H,3-5,7H2,1-2H3. The number of hydrogen-bond donors (Lipinski definition) is 0. The number of alkyl halides is 1. The Bertz CT molecular complexity index is 235. The van der Waals surface area contributed by atoms with Crippen molar-refractivity contribution in [3.05, 3.63) is 16.6 Å². The maximum atomic E-state index is 4.33. The Hall–Kier alpha value is 0.110. The average Bonchev–Trinajstić information content (AvgIpc) is 2.57. The minimum Gasteiger partial charge on any atom is -0.250 e. The molecular weight excluding hydrogens is 246 g/mol. The van der Waals surface area contributed by atoms with Crippen molar-refractivity contribution < 1.29 is 0 Å². The van der Waals surface area contributed by atoms with E-state index in [2.05, 4.69) is 40.1 Å². The van der Waals surface area contributed by atoms with Crippen LogP contribution in [0.1, 0.15) is 32.4 Å². The highest BCUT2D eigenvalue weighted by atomic mass is 79.9. The normalized spacial score (nSPS) is 15.6. The van der Waals surface area contributed by atoms with Crippen molar-refractivity contribution in [2.75, 3.05) is 5.33 Å². The molecule has 1 atom stereocenters. The van der Waals surface area contributed by atoms with E-state index in [9.17, 15) is 0 Å². The van der Waals surface area contributed by atoms with Crippen LogP contribution in [0.25, 0.3) is 0 Å². The van der Waals surface area contributed by atoms with Crippen LogP contribution in [0.15, 0.2) is 10.9 Å². The summed E-state index contributed by atoms with van der Waals surface area (Å²) in [5, 5.41) is 3.21. The van der Waals surface area contributed by atoms with E-state index >= 15 is 0 Å². The number of aromatic nitrogens is 1. The third-order valence-corrected chi connectivity index (χ3v) is 4.26. The molecule has 0 radical (unpaired) electrons. The van der Waals surface area contributed by atoms with Crippen molar-refractivity contribution in [2.45, 2.75) is 33.1 Å². The van der Waals surface area contributed by atoms with E-state index in [1.165, 1.54) is 18.5 Å². The van der Waals surface area contributed by atoms with E-state index in [1.54, 1.807) is 11.3 Å². The largest absolute Gasteiger partial charge is 0.250 e. The molecule has 0 fully saturated rings. The number of thiazole rings is 1. The van der Waals surface area contributed by atoms with Crippen LogP contribution in [0.5, 0.6) is 0 Å². The molecule has 0 aliphatic heterocycles. The van der Waals surface area contributed by atoms with Gasteiger partial charge in [-0.2, -0.15) is 0 Å². The molecule has 1 aromatic rings. The smallest absolute Gasteiger partial charge is 0.0794 e. The first-order valence-corrected chi connectivity index (χ1v) is 6.69. The summed E-state index contributed by atoms with van der Waals surface area (Å²) in [5.41, 5.74) is 3.53. The van der Waals surface area contributed by atoms with Crippen LogP contribution in [-0.2, 0) is 6.42 Å². The van der Waals surface area contributed by atoms with Gasteiger partial charge >= 0.3 is 0 Å². The van der Waals surface area contributed by atoms with E-state index < -0.39 is 0 Å². The summed E-state index contributed by atoms with van der Waals surface area (Å²) < 4.78 is 0. The quantitative estimate of drug-likeness (QED) is 0.734. The molecule has 74 valence electrons. The second-order valence-electron chi connectivity index (χ2n) is 3.85. The zero-order valence-corrected chi connectivity index (χ0v) is 10.6. The van der Waals surface area contributed by atoms with Gasteiger partial charge in [0.1, 0.15) is 0 Å². The van der Waals surface area contributed by atoms with E-state index in [4.69, 9.17) is 0 Å². The molecule has 1 aromatic heterocycles. The summed E-state index contributed by atoms with van der Waals surface area (Å²) >= 11 is 5.28. The van der Waals surface area contributed by atoms with Crippen molar-refractivity contribution >= 4 is 27.3 Å². The van der Waals surface area contributed by atoms with Gasteiger partial charge in [-0.1, -0.05) is 36.2 Å². The molecule has 0 aliphatic rings. The van der Waals surface area contributed by atoms with E-state index in [1.807, 2.05) is 5.51 Å². The molecular formula is C10H16BrNS. The van der Waals surface area contributed by atoms with Gasteiger partial charge in [-0.05, 0) is 18.3 Å². The third-order valence-electron chi connectivity index (χ3n) is 2.27. The lowest BCUT2D eigenvalue weighted by Crippen LogP contribution is -2.21. The van der Waals surface area contributed by atoms with Crippen molar-refractivity contribution in [2.24, 2.45) is 5.41 Å². The molecule has 3 heteroatoms. The topological polar surface area (TPSA) is 12.9 Å². The van der Waals surface area contributed by atoms with E-state index in [-0.39, 0.29) is 0 Å². The Kier molecular flexibility index (Phi) is 4.39. The van der Waals surface area contributed by atoms with Crippen molar-refractivity contribution in [1.82, 2.24) is 4.98 Å². The number of hydrogen-bond acceptors (Lipinski definition) is 2. The summed E-state index contributed by atoms with van der Waals surface area (Å²) in [5.74, 6) is 0. The van der Waals surface area contributed by atoms with Crippen molar-refractivity contribution in [3.63, 3.8) is 0 Å². The fourth-order valence-electron chi connectivity index (χ4n) is 1.57. The Labute approximate surface area is 92.7 Å². The zero-order valence-electron chi connectivity index (χ0n) is 8.22. The van der Waals surface area contributed by atoms with Crippen LogP contribution in [0.2, 0.25) is 0 Å². The lowest BCUT2D eigenvalue weighted by atomic mass is 9.83. The fraction of sp³-hybridized carbons (Fsp3) is 0.700. The maximum Gasteiger partial charge on any atom is 0.0794 e. The molecule has 0 spiro atoms. The highest BCUT2D eigenvalue weighted by Gasteiger charge is 2.22. The molecule has 0 amide bonds. The lowest BCUT2D eigenvalue weighted by molar-refractivity contribution is 0.337. The third kappa shape index (κ3) is 3.39. The Morgan fingerprint density at radius 2 is 2.38 bits per heavy atom. The predicted molar refractivity (Wildman–Crippen MR) is 62.6 cm³/mol. The second-order valence-corrected chi connectivity index (χ2v) is 5.13. The highest BCUT2D eigenvalue weighted by molar-refractivity contribution is 9.09. The first-order chi connectivity index (χ1) is 6.20. The fourth-order valence-corrected chi connectivity index (χ4v) is 2.61. The van der Waals surface area contributed by atoms with Gasteiger partial charge in [0.15, 0.2) is 0 Å². The van der Waals surface area contributed by atoms with Gasteiger partial charge < -0.3 is 0 Å². The van der Waals surface area contributed by atoms with Crippen LogP contribution in [0, 0.1) is 5.41 Å². The van der Waals surface area contributed by atoms with Crippen LogP contribution < -0.4 is 0 Å². The van der Waals surface area contributed by atoms with E-state index in [0.717, 1.165) is 11.8 Å². The van der Waals surface area contributed by atoms with Gasteiger partial charge in [-0.3, -0.25) is 0 Å². The number of nitrogens with zero attached hydrogens (tertiary/aromatic N) is 1. The Morgan fingerprint density at radius 1 is 1.62 bits per heavy atom. The van der Waals surface area contributed by atoms with Gasteiger partial charge in [0, 0.05) is 10.7 Å². The number of halogens is 1. The van der Waals surface area contributed by atoms with Gasteiger partial charge in [0.25, 0.3) is 0 Å². The summed E-state index contributed by atoms with van der Waals surface area (Å²) in [6, 6.07) is 0. The minimum atomic E-state index is 0.378. The van der Waals surface area contributed by atoms with Crippen molar-refractivity contribution in [1.29, 1.82) is 0 Å². The lowest BCUT2D eigenvalue weighted by Gasteiger charge is -2.25. The predicted octanol–water partition coefficient (Wildman–Crippen LogP) is 3.89. The molecule has 0 saturated carbocycles. The van der Waals surface area contributed by atoms with Gasteiger partial charge in [0.2, 0.25) is 0 Å². The molecule has 1 rings (SSSR count). The molecule has 0 N–H and O–H groups in total. The SMILES string of the molecule is CCCC(C)(CBr)Cc1cscn1. The monoisotopic (exact) mass is 261 g/mol. The second kappa shape index (κ2) is 5.11. The molecule has 1 unspecified atom stereocenters. The summed E-state index contributed by atoms with van der Waals surface area (Å²) in [4.78, 5) is 4.33. The average molecular weight is 262 g/mol. The van der Waals surface area contributed by atoms with Crippen LogP contribution in [0.4, 0.5) is 0 Å². The molecule has 13 heavy (non-hydrogen) atoms. The zero-order chi connectivity index (χ0) is 9.73. The number of rotatable bonds is 5. The van der Waals surface area contributed by atoms with Gasteiger partial charge in [-0.25, -0.2) is 4.98 Å². The highest BCUT2D eigenvalue weighted by Crippen LogP contribution is 2.30. The Morgan fingerprint density at radius 3 is 2.85 bits per heavy atom. The molecule has 0 saturated heterocycles. The first kappa shape index (κ1) is 11.2.